The van der Waals surface area contributed by atoms with Crippen LogP contribution in [0.1, 0.15) is 27.8 Å². The minimum atomic E-state index is 1.15. The molecule has 0 aliphatic heterocycles. The molecule has 0 heterocycles. The van der Waals surface area contributed by atoms with Crippen LogP contribution in [0.5, 0.6) is 0 Å². The van der Waals surface area contributed by atoms with Gasteiger partial charge in [-0.1, -0.05) is 78.4 Å². The van der Waals surface area contributed by atoms with Crippen molar-refractivity contribution in [3.05, 3.63) is 125 Å². The molecule has 0 fully saturated rings. The van der Waals surface area contributed by atoms with Gasteiger partial charge in [0.1, 0.15) is 0 Å². The summed E-state index contributed by atoms with van der Waals surface area (Å²) >= 11 is 0. The van der Waals surface area contributed by atoms with Crippen molar-refractivity contribution in [2.75, 3.05) is 4.90 Å². The molecule has 0 amide bonds. The highest BCUT2D eigenvalue weighted by Gasteiger charge is 2.12. The van der Waals surface area contributed by atoms with Gasteiger partial charge in [-0.15, -0.1) is 0 Å². The molecule has 0 saturated heterocycles. The van der Waals surface area contributed by atoms with Crippen LogP contribution in [0.2, 0.25) is 0 Å². The summed E-state index contributed by atoms with van der Waals surface area (Å²) in [5.74, 6) is 0. The van der Waals surface area contributed by atoms with E-state index in [1.165, 1.54) is 39.2 Å². The molecule has 4 aromatic carbocycles. The predicted octanol–water partition coefficient (Wildman–Crippen LogP) is 8.25. The largest absolute Gasteiger partial charge is 0.310 e. The van der Waals surface area contributed by atoms with Crippen LogP contribution in [0.25, 0.3) is 12.2 Å². The van der Waals surface area contributed by atoms with Gasteiger partial charge in [0.05, 0.1) is 0 Å². The first-order chi connectivity index (χ1) is 14.6. The zero-order valence-corrected chi connectivity index (χ0v) is 17.8. The van der Waals surface area contributed by atoms with Gasteiger partial charge in [-0.05, 0) is 79.4 Å². The Bertz CT molecular complexity index is 1120. The van der Waals surface area contributed by atoms with Gasteiger partial charge in [0.2, 0.25) is 0 Å². The van der Waals surface area contributed by atoms with Gasteiger partial charge < -0.3 is 4.90 Å². The summed E-state index contributed by atoms with van der Waals surface area (Å²) in [6.45, 7) is 6.39. The van der Waals surface area contributed by atoms with E-state index in [9.17, 15) is 0 Å². The van der Waals surface area contributed by atoms with Crippen LogP contribution in [0, 0.1) is 20.8 Å². The molecule has 0 radical (unpaired) electrons. The quantitative estimate of drug-likeness (QED) is 0.311. The van der Waals surface area contributed by atoms with Gasteiger partial charge in [-0.3, -0.25) is 0 Å². The summed E-state index contributed by atoms with van der Waals surface area (Å²) < 4.78 is 0. The number of hydrogen-bond acceptors (Lipinski definition) is 1. The summed E-state index contributed by atoms with van der Waals surface area (Å²) in [5.41, 5.74) is 9.69. The number of nitrogens with zero attached hydrogens (tertiary/aromatic N) is 1. The summed E-state index contributed by atoms with van der Waals surface area (Å²) in [6, 6.07) is 34.6. The lowest BCUT2D eigenvalue weighted by molar-refractivity contribution is 1.26. The first kappa shape index (κ1) is 19.7. The Morgan fingerprint density at radius 1 is 0.467 bits per heavy atom. The van der Waals surface area contributed by atoms with Crippen molar-refractivity contribution < 1.29 is 0 Å². The molecule has 4 aromatic rings. The Labute approximate surface area is 179 Å². The molecular formula is C29H27N. The van der Waals surface area contributed by atoms with Crippen molar-refractivity contribution in [3.8, 4) is 0 Å². The normalized spacial score (nSPS) is 11.0. The molecule has 1 heteroatoms. The molecule has 0 bridgehead atoms. The van der Waals surface area contributed by atoms with E-state index in [-0.39, 0.29) is 0 Å². The summed E-state index contributed by atoms with van der Waals surface area (Å²) in [4.78, 5) is 2.31. The maximum atomic E-state index is 2.31. The van der Waals surface area contributed by atoms with E-state index >= 15 is 0 Å². The maximum absolute atomic E-state index is 2.31. The molecule has 30 heavy (non-hydrogen) atoms. The zero-order valence-electron chi connectivity index (χ0n) is 17.8. The maximum Gasteiger partial charge on any atom is 0.0464 e. The number of hydrogen-bond donors (Lipinski definition) is 0. The third kappa shape index (κ3) is 4.69. The average molecular weight is 390 g/mol. The Morgan fingerprint density at radius 3 is 1.50 bits per heavy atom. The van der Waals surface area contributed by atoms with Crippen molar-refractivity contribution in [2.45, 2.75) is 20.8 Å². The van der Waals surface area contributed by atoms with Gasteiger partial charge in [0.15, 0.2) is 0 Å². The fraction of sp³-hybridized carbons (Fsp3) is 0.103. The molecule has 0 atom stereocenters. The van der Waals surface area contributed by atoms with Crippen molar-refractivity contribution in [1.29, 1.82) is 0 Å². The van der Waals surface area contributed by atoms with E-state index in [2.05, 4.69) is 135 Å². The fourth-order valence-electron chi connectivity index (χ4n) is 3.68. The molecule has 148 valence electrons. The molecule has 0 aromatic heterocycles. The van der Waals surface area contributed by atoms with E-state index in [1.807, 2.05) is 0 Å². The molecule has 0 spiro atoms. The summed E-state index contributed by atoms with van der Waals surface area (Å²) in [7, 11) is 0. The van der Waals surface area contributed by atoms with Crippen molar-refractivity contribution >= 4 is 29.2 Å². The molecule has 0 aliphatic carbocycles. The van der Waals surface area contributed by atoms with Crippen LogP contribution >= 0.6 is 0 Å². The van der Waals surface area contributed by atoms with Crippen molar-refractivity contribution in [2.24, 2.45) is 0 Å². The number of anilines is 3. The van der Waals surface area contributed by atoms with Crippen molar-refractivity contribution in [3.63, 3.8) is 0 Å². The van der Waals surface area contributed by atoms with E-state index in [1.54, 1.807) is 0 Å². The predicted molar refractivity (Wildman–Crippen MR) is 131 cm³/mol. The van der Waals surface area contributed by atoms with Crippen LogP contribution in [0.4, 0.5) is 17.1 Å². The number of rotatable bonds is 5. The second kappa shape index (κ2) is 8.84. The summed E-state index contributed by atoms with van der Waals surface area (Å²) in [5, 5.41) is 0. The fourth-order valence-corrected chi connectivity index (χ4v) is 3.68. The number of benzene rings is 4. The van der Waals surface area contributed by atoms with E-state index in [0.717, 1.165) is 5.69 Å². The highest BCUT2D eigenvalue weighted by atomic mass is 15.1. The first-order valence-corrected chi connectivity index (χ1v) is 10.4. The molecule has 0 saturated carbocycles. The van der Waals surface area contributed by atoms with E-state index in [4.69, 9.17) is 0 Å². The lowest BCUT2D eigenvalue weighted by Crippen LogP contribution is -2.10. The highest BCUT2D eigenvalue weighted by Crippen LogP contribution is 2.35. The van der Waals surface area contributed by atoms with Crippen LogP contribution in [0.15, 0.2) is 97.1 Å². The van der Waals surface area contributed by atoms with Gasteiger partial charge in [-0.2, -0.15) is 0 Å². The SMILES string of the molecule is Cc1cccc(C=Cc2ccc(N(c3cccc(C)c3)c3cccc(C)c3)cc2)c1. The molecule has 4 rings (SSSR count). The first-order valence-electron chi connectivity index (χ1n) is 10.4. The third-order valence-electron chi connectivity index (χ3n) is 5.18. The minimum Gasteiger partial charge on any atom is -0.310 e. The molecular weight excluding hydrogens is 362 g/mol. The Hall–Kier alpha value is -3.58. The van der Waals surface area contributed by atoms with Crippen LogP contribution in [-0.2, 0) is 0 Å². The standard InChI is InChI=1S/C29H27N/c1-22-7-4-10-26(19-22)14-13-25-15-17-27(18-16-25)30(28-11-5-8-23(2)20-28)29-12-6-9-24(3)21-29/h4-21H,1-3H3. The van der Waals surface area contributed by atoms with Crippen LogP contribution < -0.4 is 4.90 Å². The Morgan fingerprint density at radius 2 is 0.967 bits per heavy atom. The average Bonchev–Trinajstić information content (AvgIpc) is 2.74. The van der Waals surface area contributed by atoms with Crippen molar-refractivity contribution in [1.82, 2.24) is 0 Å². The van der Waals surface area contributed by atoms with E-state index < -0.39 is 0 Å². The Kier molecular flexibility index (Phi) is 5.81. The van der Waals surface area contributed by atoms with Gasteiger partial charge in [0.25, 0.3) is 0 Å². The van der Waals surface area contributed by atoms with Crippen LogP contribution in [0.3, 0.4) is 0 Å². The molecule has 0 unspecified atom stereocenters. The third-order valence-corrected chi connectivity index (χ3v) is 5.18. The molecule has 0 aliphatic rings. The Balaban J connectivity index is 1.67. The lowest BCUT2D eigenvalue weighted by atomic mass is 10.1. The van der Waals surface area contributed by atoms with E-state index in [0.29, 0.717) is 0 Å². The number of aryl methyl sites for hydroxylation is 3. The smallest absolute Gasteiger partial charge is 0.0464 e. The van der Waals surface area contributed by atoms with Gasteiger partial charge in [-0.25, -0.2) is 0 Å². The molecule has 1 nitrogen and oxygen atoms in total. The van der Waals surface area contributed by atoms with Gasteiger partial charge >= 0.3 is 0 Å². The van der Waals surface area contributed by atoms with Gasteiger partial charge in [0, 0.05) is 17.1 Å². The molecule has 0 N–H and O–H groups in total. The zero-order chi connectivity index (χ0) is 20.9. The highest BCUT2D eigenvalue weighted by molar-refractivity contribution is 5.78. The summed E-state index contributed by atoms with van der Waals surface area (Å²) in [6.07, 6.45) is 4.34. The lowest BCUT2D eigenvalue weighted by Gasteiger charge is -2.26. The van der Waals surface area contributed by atoms with Crippen LogP contribution in [-0.4, -0.2) is 0 Å². The monoisotopic (exact) mass is 389 g/mol. The second-order valence-corrected chi connectivity index (χ2v) is 7.85. The topological polar surface area (TPSA) is 3.24 Å². The minimum absolute atomic E-state index is 1.15. The second-order valence-electron chi connectivity index (χ2n) is 7.85.